The van der Waals surface area contributed by atoms with Gasteiger partial charge in [0.15, 0.2) is 6.29 Å². The van der Waals surface area contributed by atoms with E-state index in [1.54, 1.807) is 0 Å². The van der Waals surface area contributed by atoms with Gasteiger partial charge in [-0.1, -0.05) is 341 Å². The van der Waals surface area contributed by atoms with Crippen molar-refractivity contribution >= 4 is 5.91 Å². The van der Waals surface area contributed by atoms with Crippen LogP contribution in [0.5, 0.6) is 0 Å². The summed E-state index contributed by atoms with van der Waals surface area (Å²) in [6, 6.07) is -0.713. The predicted octanol–water partition coefficient (Wildman–Crippen LogP) is 17.8. The summed E-state index contributed by atoms with van der Waals surface area (Å²) < 4.78 is 11.3. The first-order valence-corrected chi connectivity index (χ1v) is 33.7. The Bertz CT molecular complexity index is 1140. The molecule has 9 nitrogen and oxygen atoms in total. The van der Waals surface area contributed by atoms with Gasteiger partial charge in [0.05, 0.1) is 25.4 Å². The lowest BCUT2D eigenvalue weighted by Gasteiger charge is -2.40. The van der Waals surface area contributed by atoms with Gasteiger partial charge < -0.3 is 40.3 Å². The normalized spacial score (nSPS) is 18.7. The van der Waals surface area contributed by atoms with E-state index in [0.717, 1.165) is 38.5 Å². The first kappa shape index (κ1) is 72.2. The van der Waals surface area contributed by atoms with Crippen molar-refractivity contribution in [3.63, 3.8) is 0 Å². The topological polar surface area (TPSA) is 149 Å². The summed E-state index contributed by atoms with van der Waals surface area (Å²) in [5.74, 6) is -0.136. The molecule has 0 spiro atoms. The molecule has 448 valence electrons. The second-order valence-corrected chi connectivity index (χ2v) is 24.0. The quantitative estimate of drug-likeness (QED) is 0.0330. The summed E-state index contributed by atoms with van der Waals surface area (Å²) in [4.78, 5) is 13.1. The first-order valence-electron chi connectivity index (χ1n) is 33.7. The minimum absolute atomic E-state index is 0.131. The highest BCUT2D eigenvalue weighted by Gasteiger charge is 2.44. The molecule has 0 aromatic carbocycles. The number of nitrogens with one attached hydrogen (secondary N) is 1. The Morgan fingerprint density at radius 1 is 0.400 bits per heavy atom. The average Bonchev–Trinajstić information content (AvgIpc) is 3.41. The average molecular weight is 1070 g/mol. The van der Waals surface area contributed by atoms with Crippen molar-refractivity contribution in [1.29, 1.82) is 0 Å². The largest absolute Gasteiger partial charge is 0.394 e. The van der Waals surface area contributed by atoms with Crippen LogP contribution < -0.4 is 5.32 Å². The van der Waals surface area contributed by atoms with Crippen molar-refractivity contribution < 1.29 is 39.8 Å². The zero-order valence-electron chi connectivity index (χ0n) is 50.1. The first-order chi connectivity index (χ1) is 36.8. The molecule has 0 saturated carbocycles. The molecule has 0 aromatic heterocycles. The van der Waals surface area contributed by atoms with E-state index in [4.69, 9.17) is 9.47 Å². The molecule has 1 fully saturated rings. The number of hydrogen-bond donors (Lipinski definition) is 6. The number of unbranched alkanes of at least 4 members (excludes halogenated alkanes) is 50. The number of carbonyl (C=O) groups excluding carboxylic acids is 1. The van der Waals surface area contributed by atoms with Crippen LogP contribution in [0.2, 0.25) is 0 Å². The lowest BCUT2D eigenvalue weighted by atomic mass is 9.99. The fraction of sp³-hybridized carbons (Fsp3) is 0.985. The van der Waals surface area contributed by atoms with E-state index in [0.29, 0.717) is 12.8 Å². The second-order valence-electron chi connectivity index (χ2n) is 24.0. The third kappa shape index (κ3) is 45.6. The number of hydrogen-bond acceptors (Lipinski definition) is 8. The van der Waals surface area contributed by atoms with Crippen LogP contribution in [0.3, 0.4) is 0 Å². The van der Waals surface area contributed by atoms with E-state index in [-0.39, 0.29) is 12.5 Å². The van der Waals surface area contributed by atoms with E-state index in [2.05, 4.69) is 19.2 Å². The monoisotopic (exact) mass is 1070 g/mol. The molecule has 1 saturated heterocycles. The molecule has 1 aliphatic rings. The molecule has 0 aliphatic carbocycles. The molecular formula is C66H131NO8. The number of aliphatic hydroxyl groups is 5. The summed E-state index contributed by atoms with van der Waals surface area (Å²) in [5.41, 5.74) is 0. The lowest BCUT2D eigenvalue weighted by Crippen LogP contribution is -2.60. The Labute approximate surface area is 465 Å². The van der Waals surface area contributed by atoms with E-state index in [1.165, 1.54) is 295 Å². The highest BCUT2D eigenvalue weighted by Crippen LogP contribution is 2.24. The third-order valence-electron chi connectivity index (χ3n) is 16.7. The van der Waals surface area contributed by atoms with Crippen molar-refractivity contribution in [2.75, 3.05) is 13.2 Å². The van der Waals surface area contributed by atoms with Crippen LogP contribution in [0.4, 0.5) is 0 Å². The predicted molar refractivity (Wildman–Crippen MR) is 318 cm³/mol. The Hall–Kier alpha value is -0.810. The number of rotatable bonds is 60. The van der Waals surface area contributed by atoms with Crippen LogP contribution in [0.1, 0.15) is 361 Å². The van der Waals surface area contributed by atoms with Gasteiger partial charge in [-0.2, -0.15) is 0 Å². The van der Waals surface area contributed by atoms with Crippen LogP contribution in [-0.4, -0.2) is 87.5 Å². The van der Waals surface area contributed by atoms with Crippen molar-refractivity contribution in [1.82, 2.24) is 5.32 Å². The highest BCUT2D eigenvalue weighted by molar-refractivity contribution is 5.76. The summed E-state index contributed by atoms with van der Waals surface area (Å²) >= 11 is 0. The second kappa shape index (κ2) is 56.5. The smallest absolute Gasteiger partial charge is 0.220 e. The number of aliphatic hydroxyl groups excluding tert-OH is 5. The minimum Gasteiger partial charge on any atom is -0.394 e. The standard InChI is InChI=1S/C66H131NO8/c1-3-5-7-9-11-13-15-17-18-19-20-21-22-23-24-25-26-27-28-29-30-31-32-33-34-35-36-37-38-39-40-41-42-43-44-46-48-50-52-54-56-62(70)67-59(58-74-66-65(73)64(72)63(71)61(57-68)75-66)60(69)55-53-51-49-47-45-16-14-12-10-8-6-4-2/h59-61,63-66,68-69,71-73H,3-58H2,1-2H3,(H,67,70). The maximum atomic E-state index is 13.1. The number of ether oxygens (including phenoxy) is 2. The summed E-state index contributed by atoms with van der Waals surface area (Å²) in [7, 11) is 0. The zero-order valence-corrected chi connectivity index (χ0v) is 50.1. The number of carbonyl (C=O) groups is 1. The summed E-state index contributed by atoms with van der Waals surface area (Å²) in [6.45, 7) is 3.87. The van der Waals surface area contributed by atoms with Gasteiger partial charge in [-0.15, -0.1) is 0 Å². The van der Waals surface area contributed by atoms with Crippen LogP contribution in [0.25, 0.3) is 0 Å². The van der Waals surface area contributed by atoms with Gasteiger partial charge in [-0.25, -0.2) is 0 Å². The van der Waals surface area contributed by atoms with Crippen LogP contribution in [0, 0.1) is 0 Å². The Kier molecular flexibility index (Phi) is 54.4. The van der Waals surface area contributed by atoms with Crippen molar-refractivity contribution in [3.05, 3.63) is 0 Å². The fourth-order valence-corrected chi connectivity index (χ4v) is 11.4. The van der Waals surface area contributed by atoms with E-state index in [9.17, 15) is 30.3 Å². The highest BCUT2D eigenvalue weighted by atomic mass is 16.7. The van der Waals surface area contributed by atoms with Gasteiger partial charge in [-0.3, -0.25) is 4.79 Å². The molecule has 1 amide bonds. The van der Waals surface area contributed by atoms with Gasteiger partial charge in [0.2, 0.25) is 5.91 Å². The van der Waals surface area contributed by atoms with Crippen molar-refractivity contribution in [3.8, 4) is 0 Å². The molecule has 9 heteroatoms. The molecule has 1 aliphatic heterocycles. The molecule has 0 radical (unpaired) electrons. The molecule has 0 bridgehead atoms. The summed E-state index contributed by atoms with van der Waals surface area (Å²) in [6.07, 6.45) is 63.5. The van der Waals surface area contributed by atoms with Gasteiger partial charge in [0.25, 0.3) is 0 Å². The van der Waals surface area contributed by atoms with Crippen LogP contribution in [-0.2, 0) is 14.3 Å². The molecular weight excluding hydrogens is 935 g/mol. The molecule has 1 heterocycles. The van der Waals surface area contributed by atoms with Gasteiger partial charge in [-0.05, 0) is 12.8 Å². The number of amides is 1. The molecule has 1 rings (SSSR count). The maximum absolute atomic E-state index is 13.1. The van der Waals surface area contributed by atoms with Gasteiger partial charge in [0, 0.05) is 6.42 Å². The minimum atomic E-state index is -1.55. The molecule has 6 N–H and O–H groups in total. The molecule has 0 aromatic rings. The van der Waals surface area contributed by atoms with E-state index >= 15 is 0 Å². The molecule has 75 heavy (non-hydrogen) atoms. The Morgan fingerprint density at radius 2 is 0.667 bits per heavy atom. The Morgan fingerprint density at radius 3 is 0.947 bits per heavy atom. The maximum Gasteiger partial charge on any atom is 0.220 e. The zero-order chi connectivity index (χ0) is 54.3. The van der Waals surface area contributed by atoms with E-state index < -0.39 is 49.5 Å². The fourth-order valence-electron chi connectivity index (χ4n) is 11.4. The van der Waals surface area contributed by atoms with Crippen LogP contribution in [0.15, 0.2) is 0 Å². The molecule has 7 atom stereocenters. The van der Waals surface area contributed by atoms with Crippen LogP contribution >= 0.6 is 0 Å². The SMILES string of the molecule is CCCCCCCCCCCCCCCCCCCCCCCCCCCCCCCCCCCCCCCCCCC(=O)NC(COC1OC(CO)C(O)C(O)C1O)C(O)CCCCCCCCCCCCCC. The Balaban J connectivity index is 1.97. The lowest BCUT2D eigenvalue weighted by molar-refractivity contribution is -0.302. The molecule has 7 unspecified atom stereocenters. The van der Waals surface area contributed by atoms with Crippen molar-refractivity contribution in [2.45, 2.75) is 403 Å². The summed E-state index contributed by atoms with van der Waals surface area (Å²) in [5, 5.41) is 54.6. The van der Waals surface area contributed by atoms with E-state index in [1.807, 2.05) is 0 Å². The van der Waals surface area contributed by atoms with Gasteiger partial charge in [0.1, 0.15) is 24.4 Å². The van der Waals surface area contributed by atoms with Crippen molar-refractivity contribution in [2.24, 2.45) is 0 Å². The third-order valence-corrected chi connectivity index (χ3v) is 16.7. The van der Waals surface area contributed by atoms with Gasteiger partial charge >= 0.3 is 0 Å².